The maximum Gasteiger partial charge on any atom is 0.191 e. The van der Waals surface area contributed by atoms with Crippen LogP contribution in [0.25, 0.3) is 0 Å². The van der Waals surface area contributed by atoms with Gasteiger partial charge in [0.1, 0.15) is 0 Å². The molecule has 0 aromatic heterocycles. The molecule has 0 aromatic rings. The summed E-state index contributed by atoms with van der Waals surface area (Å²) in [4.78, 5) is 9.81. The van der Waals surface area contributed by atoms with Crippen molar-refractivity contribution < 1.29 is 0 Å². The standard InChI is InChI=1S/C12H25N5.HI/c1-3-13-12(14-4-2)15-9-11-10-16-5-7-17(11)8-6-16;/h11H,3-10H2,1-2H3,(H2,13,14,15);1H. The molecule has 0 saturated carbocycles. The van der Waals surface area contributed by atoms with Gasteiger partial charge in [0.2, 0.25) is 0 Å². The molecule has 0 amide bonds. The fourth-order valence-electron chi connectivity index (χ4n) is 2.60. The molecule has 5 nitrogen and oxygen atoms in total. The van der Waals surface area contributed by atoms with Crippen LogP contribution in [0.15, 0.2) is 4.99 Å². The number of halogens is 1. The minimum atomic E-state index is 0. The fraction of sp³-hybridized carbons (Fsp3) is 0.917. The predicted molar refractivity (Wildman–Crippen MR) is 86.9 cm³/mol. The van der Waals surface area contributed by atoms with E-state index in [4.69, 9.17) is 0 Å². The molecule has 3 aliphatic rings. The van der Waals surface area contributed by atoms with Crippen molar-refractivity contribution in [1.29, 1.82) is 0 Å². The zero-order valence-electron chi connectivity index (χ0n) is 11.5. The lowest BCUT2D eigenvalue weighted by atomic mass is 10.1. The van der Waals surface area contributed by atoms with Gasteiger partial charge in [-0.15, -0.1) is 24.0 Å². The van der Waals surface area contributed by atoms with Gasteiger partial charge in [-0.3, -0.25) is 14.8 Å². The van der Waals surface area contributed by atoms with Crippen LogP contribution in [0, 0.1) is 0 Å². The normalized spacial score (nSPS) is 29.3. The number of aliphatic imine (C=N–C) groups is 1. The highest BCUT2D eigenvalue weighted by Gasteiger charge is 2.31. The number of guanidine groups is 1. The summed E-state index contributed by atoms with van der Waals surface area (Å²) in [6, 6.07) is 0.616. The van der Waals surface area contributed by atoms with Gasteiger partial charge in [0.05, 0.1) is 6.54 Å². The number of fused-ring (bicyclic) bond motifs is 3. The molecule has 6 heteroatoms. The molecule has 3 saturated heterocycles. The first-order chi connectivity index (χ1) is 8.33. The highest BCUT2D eigenvalue weighted by molar-refractivity contribution is 14.0. The first-order valence-electron chi connectivity index (χ1n) is 6.82. The third-order valence-corrected chi connectivity index (χ3v) is 3.54. The Hall–Kier alpha value is -0.0800. The highest BCUT2D eigenvalue weighted by Crippen LogP contribution is 2.15. The average Bonchev–Trinajstić information content (AvgIpc) is 2.38. The molecule has 0 aromatic carbocycles. The van der Waals surface area contributed by atoms with Crippen molar-refractivity contribution in [3.63, 3.8) is 0 Å². The number of nitrogens with zero attached hydrogens (tertiary/aromatic N) is 3. The van der Waals surface area contributed by atoms with Crippen LogP contribution in [0.4, 0.5) is 0 Å². The van der Waals surface area contributed by atoms with Crippen LogP contribution in [0.5, 0.6) is 0 Å². The molecule has 2 bridgehead atoms. The molecular formula is C12H26IN5. The van der Waals surface area contributed by atoms with Crippen molar-refractivity contribution in [3.05, 3.63) is 0 Å². The summed E-state index contributed by atoms with van der Waals surface area (Å²) < 4.78 is 0. The lowest BCUT2D eigenvalue weighted by molar-refractivity contribution is 0.0174. The molecule has 3 heterocycles. The van der Waals surface area contributed by atoms with Gasteiger partial charge in [-0.25, -0.2) is 0 Å². The summed E-state index contributed by atoms with van der Waals surface area (Å²) in [6.45, 7) is 13.1. The molecule has 18 heavy (non-hydrogen) atoms. The van der Waals surface area contributed by atoms with Crippen LogP contribution in [0.2, 0.25) is 0 Å². The van der Waals surface area contributed by atoms with E-state index in [1.165, 1.54) is 32.7 Å². The van der Waals surface area contributed by atoms with Gasteiger partial charge >= 0.3 is 0 Å². The average molecular weight is 367 g/mol. The third kappa shape index (κ3) is 4.24. The molecule has 3 rings (SSSR count). The maximum atomic E-state index is 4.67. The van der Waals surface area contributed by atoms with Gasteiger partial charge in [-0.1, -0.05) is 0 Å². The van der Waals surface area contributed by atoms with Crippen LogP contribution in [0.3, 0.4) is 0 Å². The molecule has 106 valence electrons. The lowest BCUT2D eigenvalue weighted by Crippen LogP contribution is -2.62. The number of hydrogen-bond donors (Lipinski definition) is 2. The topological polar surface area (TPSA) is 42.9 Å². The van der Waals surface area contributed by atoms with E-state index >= 15 is 0 Å². The van der Waals surface area contributed by atoms with E-state index in [-0.39, 0.29) is 24.0 Å². The van der Waals surface area contributed by atoms with Crippen LogP contribution in [-0.2, 0) is 0 Å². The Morgan fingerprint density at radius 2 is 1.72 bits per heavy atom. The lowest BCUT2D eigenvalue weighted by Gasteiger charge is -2.47. The van der Waals surface area contributed by atoms with Crippen LogP contribution in [-0.4, -0.2) is 74.2 Å². The Morgan fingerprint density at radius 3 is 2.17 bits per heavy atom. The highest BCUT2D eigenvalue weighted by atomic mass is 127. The van der Waals surface area contributed by atoms with Crippen molar-refractivity contribution in [2.45, 2.75) is 19.9 Å². The van der Waals surface area contributed by atoms with Gasteiger partial charge < -0.3 is 10.6 Å². The first-order valence-corrected chi connectivity index (χ1v) is 6.82. The van der Waals surface area contributed by atoms with Gasteiger partial charge in [0.15, 0.2) is 5.96 Å². The zero-order chi connectivity index (χ0) is 12.1. The van der Waals surface area contributed by atoms with E-state index in [2.05, 4.69) is 39.3 Å². The van der Waals surface area contributed by atoms with Crippen molar-refractivity contribution in [1.82, 2.24) is 20.4 Å². The first kappa shape index (κ1) is 16.0. The summed E-state index contributed by atoms with van der Waals surface area (Å²) in [5, 5.41) is 6.55. The Bertz CT molecular complexity index is 255. The van der Waals surface area contributed by atoms with Gasteiger partial charge in [-0.05, 0) is 13.8 Å². The smallest absolute Gasteiger partial charge is 0.191 e. The summed E-state index contributed by atoms with van der Waals surface area (Å²) in [5.74, 6) is 0.952. The summed E-state index contributed by atoms with van der Waals surface area (Å²) in [6.07, 6.45) is 0. The molecule has 3 aliphatic heterocycles. The molecule has 1 unspecified atom stereocenters. The molecule has 0 aliphatic carbocycles. The van der Waals surface area contributed by atoms with Crippen LogP contribution >= 0.6 is 24.0 Å². The van der Waals surface area contributed by atoms with Crippen molar-refractivity contribution in [3.8, 4) is 0 Å². The largest absolute Gasteiger partial charge is 0.357 e. The van der Waals surface area contributed by atoms with E-state index in [1.807, 2.05) is 0 Å². The van der Waals surface area contributed by atoms with Crippen molar-refractivity contribution in [2.24, 2.45) is 4.99 Å². The number of nitrogens with one attached hydrogen (secondary N) is 2. The molecule has 0 radical (unpaired) electrons. The molecule has 2 N–H and O–H groups in total. The summed E-state index contributed by atoms with van der Waals surface area (Å²) in [5.41, 5.74) is 0. The number of piperazine rings is 3. The van der Waals surface area contributed by atoms with Crippen molar-refractivity contribution >= 4 is 29.9 Å². The quantitative estimate of drug-likeness (QED) is 0.423. The van der Waals surface area contributed by atoms with Gasteiger partial charge in [0, 0.05) is 51.9 Å². The van der Waals surface area contributed by atoms with Crippen molar-refractivity contribution in [2.75, 3.05) is 52.4 Å². The Kier molecular flexibility index (Phi) is 7.25. The Labute approximate surface area is 127 Å². The number of hydrogen-bond acceptors (Lipinski definition) is 3. The SMILES string of the molecule is CCNC(=NCC1CN2CCN1CC2)NCC.I. The Morgan fingerprint density at radius 1 is 1.11 bits per heavy atom. The maximum absolute atomic E-state index is 4.67. The molecule has 0 spiro atoms. The summed E-state index contributed by atoms with van der Waals surface area (Å²) in [7, 11) is 0. The second-order valence-corrected chi connectivity index (χ2v) is 4.74. The van der Waals surface area contributed by atoms with Gasteiger partial charge in [-0.2, -0.15) is 0 Å². The molecule has 1 atom stereocenters. The molecule has 3 fully saturated rings. The van der Waals surface area contributed by atoms with E-state index in [0.29, 0.717) is 6.04 Å². The fourth-order valence-corrected chi connectivity index (χ4v) is 2.60. The second-order valence-electron chi connectivity index (χ2n) is 4.74. The molecular weight excluding hydrogens is 341 g/mol. The monoisotopic (exact) mass is 367 g/mol. The van der Waals surface area contributed by atoms with Crippen LogP contribution in [0.1, 0.15) is 13.8 Å². The Balaban J connectivity index is 0.00000162. The predicted octanol–water partition coefficient (Wildman–Crippen LogP) is 0.179. The second kappa shape index (κ2) is 8.16. The van der Waals surface area contributed by atoms with Gasteiger partial charge in [0.25, 0.3) is 0 Å². The van der Waals surface area contributed by atoms with Crippen LogP contribution < -0.4 is 10.6 Å². The van der Waals surface area contributed by atoms with E-state index in [9.17, 15) is 0 Å². The number of rotatable bonds is 4. The van der Waals surface area contributed by atoms with E-state index in [0.717, 1.165) is 25.6 Å². The zero-order valence-corrected chi connectivity index (χ0v) is 13.8. The van der Waals surface area contributed by atoms with E-state index < -0.39 is 0 Å². The summed E-state index contributed by atoms with van der Waals surface area (Å²) >= 11 is 0. The van der Waals surface area contributed by atoms with E-state index in [1.54, 1.807) is 0 Å². The minimum absolute atomic E-state index is 0. The minimum Gasteiger partial charge on any atom is -0.357 e. The third-order valence-electron chi connectivity index (χ3n) is 3.54.